The van der Waals surface area contributed by atoms with Crippen molar-refractivity contribution in [2.24, 2.45) is 11.8 Å². The summed E-state index contributed by atoms with van der Waals surface area (Å²) >= 11 is 0. The molecule has 324 valence electrons. The van der Waals surface area contributed by atoms with Crippen LogP contribution in [0.25, 0.3) is 0 Å². The van der Waals surface area contributed by atoms with Gasteiger partial charge in [-0.3, -0.25) is 9.63 Å². The lowest BCUT2D eigenvalue weighted by Crippen LogP contribution is -2.48. The Hall–Kier alpha value is -1.82. The maximum atomic E-state index is 12.8. The van der Waals surface area contributed by atoms with E-state index in [0.717, 1.165) is 22.9 Å². The predicted octanol–water partition coefficient (Wildman–Crippen LogP) is 9.56. The topological polar surface area (TPSA) is 117 Å². The van der Waals surface area contributed by atoms with Crippen molar-refractivity contribution in [3.05, 3.63) is 48.5 Å². The van der Waals surface area contributed by atoms with Crippen LogP contribution < -0.4 is 20.1 Å². The molecule has 3 unspecified atom stereocenters. The largest absolute Gasteiger partial charge is 0.497 e. The fourth-order valence-corrected chi connectivity index (χ4v) is 6.66. The van der Waals surface area contributed by atoms with Crippen LogP contribution in [0.3, 0.4) is 0 Å². The minimum atomic E-state index is -1.89. The highest BCUT2D eigenvalue weighted by Gasteiger charge is 2.40. The number of hydrogen-bond acceptors (Lipinski definition) is 10. The Balaban J connectivity index is 0. The first-order valence-electron chi connectivity index (χ1n) is 18.8. The summed E-state index contributed by atoms with van der Waals surface area (Å²) < 4.78 is 28.3. The lowest BCUT2D eigenvalue weighted by molar-refractivity contribution is -0.170. The SMILES string of the molecule is CCOC(=O)[C@@H](Nc1ccc(OC)cc1)[C@@H](C)CO[Si](C)(C)C(C)(C)C.COc1ccc(N[C@H](C(=O)N(C)OC)[C@@H](C)CO[Si](C)(C)C(C)(C)C)cc1.P.PP. The van der Waals surface area contributed by atoms with Crippen LogP contribution in [0.1, 0.15) is 62.3 Å². The number of amides is 1. The summed E-state index contributed by atoms with van der Waals surface area (Å²) in [5.74, 6) is 1.09. The van der Waals surface area contributed by atoms with Crippen LogP contribution in [0.2, 0.25) is 36.3 Å². The predicted molar refractivity (Wildman–Crippen MR) is 252 cm³/mol. The number of anilines is 2. The number of rotatable bonds is 18. The fraction of sp³-hybridized carbons (Fsp3) is 0.650. The third kappa shape index (κ3) is 18.8. The molecule has 2 aromatic carbocycles. The first kappa shape index (κ1) is 56.3. The van der Waals surface area contributed by atoms with E-state index in [9.17, 15) is 9.59 Å². The van der Waals surface area contributed by atoms with Gasteiger partial charge in [0.15, 0.2) is 16.6 Å². The number of esters is 1. The van der Waals surface area contributed by atoms with Crippen LogP contribution >= 0.6 is 27.8 Å². The molecular formula is C40H78N3O8P3Si2. The van der Waals surface area contributed by atoms with E-state index in [-0.39, 0.29) is 43.7 Å². The molecule has 0 saturated carbocycles. The summed E-state index contributed by atoms with van der Waals surface area (Å²) in [6.45, 7) is 29.4. The number of nitrogens with zero attached hydrogens (tertiary/aromatic N) is 1. The molecule has 0 bridgehead atoms. The smallest absolute Gasteiger partial charge is 0.328 e. The van der Waals surface area contributed by atoms with Crippen LogP contribution in [-0.4, -0.2) is 93.9 Å². The maximum Gasteiger partial charge on any atom is 0.328 e. The van der Waals surface area contributed by atoms with E-state index in [1.807, 2.05) is 69.3 Å². The second-order valence-electron chi connectivity index (χ2n) is 16.6. The average Bonchev–Trinajstić information content (AvgIpc) is 3.14. The van der Waals surface area contributed by atoms with Gasteiger partial charge in [0.25, 0.3) is 5.91 Å². The van der Waals surface area contributed by atoms with Gasteiger partial charge in [-0.2, -0.15) is 9.90 Å². The van der Waals surface area contributed by atoms with Crippen molar-refractivity contribution < 1.29 is 37.5 Å². The third-order valence-corrected chi connectivity index (χ3v) is 19.4. The van der Waals surface area contributed by atoms with Crippen LogP contribution in [0.5, 0.6) is 11.5 Å². The lowest BCUT2D eigenvalue weighted by atomic mass is 10.0. The number of carbonyl (C=O) groups excluding carboxylic acids is 2. The van der Waals surface area contributed by atoms with Crippen molar-refractivity contribution in [1.29, 1.82) is 0 Å². The second-order valence-corrected chi connectivity index (χ2v) is 26.2. The molecule has 0 aliphatic carbocycles. The molecule has 0 aliphatic rings. The highest BCUT2D eigenvalue weighted by Crippen LogP contribution is 2.38. The molecule has 0 saturated heterocycles. The first-order valence-corrected chi connectivity index (χ1v) is 27.3. The van der Waals surface area contributed by atoms with Crippen molar-refractivity contribution >= 4 is 67.6 Å². The summed E-state index contributed by atoms with van der Waals surface area (Å²) in [6, 6.07) is 14.1. The van der Waals surface area contributed by atoms with Crippen molar-refractivity contribution in [2.75, 3.05) is 58.8 Å². The third-order valence-electron chi connectivity index (χ3n) is 10.4. The van der Waals surface area contributed by atoms with Gasteiger partial charge < -0.3 is 33.7 Å². The Labute approximate surface area is 350 Å². The molecule has 0 heterocycles. The van der Waals surface area contributed by atoms with Crippen molar-refractivity contribution in [3.8, 4) is 11.5 Å². The number of ether oxygens (including phenoxy) is 3. The summed E-state index contributed by atoms with van der Waals surface area (Å²) in [5.41, 5.74) is 1.70. The van der Waals surface area contributed by atoms with Gasteiger partial charge in [-0.1, -0.05) is 55.4 Å². The molecule has 2 aromatic rings. The van der Waals surface area contributed by atoms with Crippen LogP contribution in [0, 0.1) is 11.8 Å². The minimum absolute atomic E-state index is 0. The first-order chi connectivity index (χ1) is 25.4. The molecule has 16 heteroatoms. The standard InChI is InChI=1S/C20H36N2O4Si.C20H35NO4Si.H4P2.H3P/c1-15(14-26-27(8,9)20(2,3)4)18(19(23)22(5)25-7)21-16-10-12-17(24-6)13-11-16;1-9-24-19(22)18(21-16-10-12-17(23-6)13-11-16)15(2)14-25-26(7,8)20(3,4)5;1-2;/h10-13,15,18,21H,14H2,1-9H3;10-13,15,18,21H,9,14H2,1-8H3;1-2H2;1H3/t2*15-,18-;;/m00../s1. The van der Waals surface area contributed by atoms with E-state index in [4.69, 9.17) is 27.9 Å². The summed E-state index contributed by atoms with van der Waals surface area (Å²) in [4.78, 5) is 30.4. The van der Waals surface area contributed by atoms with Crippen LogP contribution in [-0.2, 0) is 28.0 Å². The zero-order valence-corrected chi connectivity index (χ0v) is 43.3. The lowest BCUT2D eigenvalue weighted by Gasteiger charge is -2.38. The molecule has 0 radical (unpaired) electrons. The van der Waals surface area contributed by atoms with Crippen LogP contribution in [0.4, 0.5) is 11.4 Å². The number of carbonyl (C=O) groups is 2. The Morgan fingerprint density at radius 3 is 1.34 bits per heavy atom. The monoisotopic (exact) mass is 877 g/mol. The van der Waals surface area contributed by atoms with Gasteiger partial charge in [0, 0.05) is 43.5 Å². The van der Waals surface area contributed by atoms with Gasteiger partial charge in [0.05, 0.1) is 27.9 Å². The number of hydrogen-bond donors (Lipinski definition) is 2. The minimum Gasteiger partial charge on any atom is -0.497 e. The highest BCUT2D eigenvalue weighted by molar-refractivity contribution is 7.92. The Kier molecular flexibility index (Phi) is 26.4. The van der Waals surface area contributed by atoms with Crippen molar-refractivity contribution in [3.63, 3.8) is 0 Å². The average molecular weight is 878 g/mol. The molecule has 11 nitrogen and oxygen atoms in total. The van der Waals surface area contributed by atoms with Gasteiger partial charge in [-0.25, -0.2) is 9.86 Å². The van der Waals surface area contributed by atoms with E-state index in [2.05, 4.69) is 96.2 Å². The van der Waals surface area contributed by atoms with Crippen LogP contribution in [0.15, 0.2) is 48.5 Å². The molecule has 0 aliphatic heterocycles. The van der Waals surface area contributed by atoms with Gasteiger partial charge in [0.1, 0.15) is 23.6 Å². The highest BCUT2D eigenvalue weighted by atomic mass is 32.0. The zero-order valence-electron chi connectivity index (χ0n) is 37.6. The van der Waals surface area contributed by atoms with E-state index in [0.29, 0.717) is 19.8 Å². The van der Waals surface area contributed by atoms with E-state index in [1.165, 1.54) is 12.2 Å². The van der Waals surface area contributed by atoms with Gasteiger partial charge in [-0.05, 0) is 91.7 Å². The maximum absolute atomic E-state index is 12.8. The Bertz CT molecular complexity index is 1390. The fourth-order valence-electron chi connectivity index (χ4n) is 4.44. The summed E-state index contributed by atoms with van der Waals surface area (Å²) in [6.07, 6.45) is 0. The second kappa shape index (κ2) is 26.3. The molecule has 1 amide bonds. The number of hydroxylamine groups is 2. The number of benzene rings is 2. The molecule has 0 fully saturated rings. The molecule has 2 rings (SSSR count). The molecule has 0 aromatic heterocycles. The Morgan fingerprint density at radius 1 is 0.696 bits per heavy atom. The van der Waals surface area contributed by atoms with E-state index in [1.54, 1.807) is 21.3 Å². The quantitative estimate of drug-likeness (QED) is 0.0650. The molecule has 2 N–H and O–H groups in total. The van der Waals surface area contributed by atoms with Crippen molar-refractivity contribution in [1.82, 2.24) is 5.06 Å². The normalized spacial score (nSPS) is 13.8. The van der Waals surface area contributed by atoms with Gasteiger partial charge >= 0.3 is 5.97 Å². The van der Waals surface area contributed by atoms with Crippen molar-refractivity contribution in [2.45, 2.75) is 111 Å². The van der Waals surface area contributed by atoms with Gasteiger partial charge in [-0.15, -0.1) is 17.9 Å². The summed E-state index contributed by atoms with van der Waals surface area (Å²) in [5, 5.41) is 8.14. The van der Waals surface area contributed by atoms with E-state index < -0.39 is 28.7 Å². The molecule has 7 atom stereocenters. The molecular weight excluding hydrogens is 800 g/mol. The molecule has 0 spiro atoms. The van der Waals surface area contributed by atoms with E-state index >= 15 is 0 Å². The summed E-state index contributed by atoms with van der Waals surface area (Å²) in [7, 11) is 7.27. The van der Waals surface area contributed by atoms with Gasteiger partial charge in [0.2, 0.25) is 0 Å². The molecule has 56 heavy (non-hydrogen) atoms. The zero-order chi connectivity index (χ0) is 42.8. The Morgan fingerprint density at radius 2 is 1.04 bits per heavy atom. The number of likely N-dealkylation sites (N-methyl/N-ethyl adjacent to an activating group) is 1. The number of methoxy groups -OCH3 is 2. The number of nitrogens with one attached hydrogen (secondary N) is 2.